The van der Waals surface area contributed by atoms with Crippen LogP contribution in [0.2, 0.25) is 0 Å². The van der Waals surface area contributed by atoms with E-state index in [1.54, 1.807) is 6.08 Å². The van der Waals surface area contributed by atoms with Crippen molar-refractivity contribution in [1.82, 2.24) is 0 Å². The van der Waals surface area contributed by atoms with Gasteiger partial charge in [-0.25, -0.2) is 4.79 Å². The summed E-state index contributed by atoms with van der Waals surface area (Å²) in [6, 6.07) is 4.80. The number of carbonyl (C=O) groups is 3. The summed E-state index contributed by atoms with van der Waals surface area (Å²) < 4.78 is 10.2. The van der Waals surface area contributed by atoms with Crippen molar-refractivity contribution in [1.29, 1.82) is 0 Å². The Labute approximate surface area is 143 Å². The largest absolute Gasteiger partial charge is 0.468 e. The predicted molar refractivity (Wildman–Crippen MR) is 85.8 cm³/mol. The molecule has 1 aromatic rings. The van der Waals surface area contributed by atoms with E-state index in [1.807, 2.05) is 0 Å². The minimum absolute atomic E-state index is 0.0457. The number of ether oxygens (including phenoxy) is 2. The highest BCUT2D eigenvalue weighted by atomic mass is 16.6. The summed E-state index contributed by atoms with van der Waals surface area (Å²) in [4.78, 5) is 46.8. The molecule has 1 aromatic carbocycles. The van der Waals surface area contributed by atoms with E-state index in [0.29, 0.717) is 6.42 Å². The number of allylic oxidation sites excluding steroid dienone is 1. The normalized spacial score (nSPS) is 22.1. The molecule has 132 valence electrons. The molecule has 1 aliphatic carbocycles. The molecule has 0 aromatic heterocycles. The van der Waals surface area contributed by atoms with Crippen LogP contribution in [0.25, 0.3) is 0 Å². The maximum atomic E-state index is 12.4. The molecule has 0 aliphatic heterocycles. The van der Waals surface area contributed by atoms with Gasteiger partial charge in [0.2, 0.25) is 0 Å². The second-order valence-electron chi connectivity index (χ2n) is 5.61. The van der Waals surface area contributed by atoms with Gasteiger partial charge in [-0.15, -0.1) is 0 Å². The predicted octanol–water partition coefficient (Wildman–Crippen LogP) is 2.22. The van der Waals surface area contributed by atoms with Crippen LogP contribution >= 0.6 is 0 Å². The first-order valence-electron chi connectivity index (χ1n) is 7.55. The quantitative estimate of drug-likeness (QED) is 0.347. The summed E-state index contributed by atoms with van der Waals surface area (Å²) in [6.07, 6.45) is 3.83. The van der Waals surface area contributed by atoms with Crippen molar-refractivity contribution in [2.45, 2.75) is 25.4 Å². The lowest BCUT2D eigenvalue weighted by atomic mass is 9.76. The van der Waals surface area contributed by atoms with E-state index in [0.717, 1.165) is 12.1 Å². The van der Waals surface area contributed by atoms with Crippen molar-refractivity contribution in [3.8, 4) is 0 Å². The Morgan fingerprint density at radius 3 is 2.40 bits per heavy atom. The average molecular weight is 347 g/mol. The smallest absolute Gasteiger partial charge is 0.339 e. The Hall–Kier alpha value is -3.03. The molecule has 8 nitrogen and oxygen atoms in total. The fraction of sp³-hybridized carbons (Fsp3) is 0.353. The summed E-state index contributed by atoms with van der Waals surface area (Å²) >= 11 is 0. The molecule has 0 fully saturated rings. The third-order valence-electron chi connectivity index (χ3n) is 4.15. The van der Waals surface area contributed by atoms with E-state index in [2.05, 4.69) is 0 Å². The number of non-ortho nitro benzene ring substituents is 1. The van der Waals surface area contributed by atoms with Crippen molar-refractivity contribution in [3.63, 3.8) is 0 Å². The zero-order valence-corrected chi connectivity index (χ0v) is 13.8. The van der Waals surface area contributed by atoms with Gasteiger partial charge in [0.1, 0.15) is 5.92 Å². The highest BCUT2D eigenvalue weighted by Gasteiger charge is 2.51. The second-order valence-corrected chi connectivity index (χ2v) is 5.61. The molecule has 8 heteroatoms. The van der Waals surface area contributed by atoms with Crippen LogP contribution in [0, 0.1) is 16.0 Å². The van der Waals surface area contributed by atoms with Gasteiger partial charge in [-0.2, -0.15) is 0 Å². The lowest BCUT2D eigenvalue weighted by Crippen LogP contribution is -2.52. The molecular formula is C17H17NO7. The molecule has 0 saturated heterocycles. The Morgan fingerprint density at radius 1 is 1.24 bits per heavy atom. The van der Waals surface area contributed by atoms with Gasteiger partial charge in [0.25, 0.3) is 5.69 Å². The molecule has 0 saturated carbocycles. The Bertz CT molecular complexity index is 738. The first-order valence-corrected chi connectivity index (χ1v) is 7.55. The number of carbonyl (C=O) groups excluding carboxylic acids is 3. The standard InChI is InChI=1S/C17H17NO7/c1-11(19)17(10-4-3-5-14(17)16(21)24-2)25-15(20)12-6-8-13(9-7-12)18(22)23/h3,5-9,14H,4,10H2,1-2H3/t14-,17-/m1/s1. The Kier molecular flexibility index (Phi) is 5.31. The fourth-order valence-corrected chi connectivity index (χ4v) is 2.76. The van der Waals surface area contributed by atoms with Gasteiger partial charge in [0.05, 0.1) is 17.6 Å². The molecule has 0 spiro atoms. The molecule has 2 rings (SSSR count). The van der Waals surface area contributed by atoms with Crippen LogP contribution in [-0.2, 0) is 19.1 Å². The van der Waals surface area contributed by atoms with Crippen LogP contribution in [0.5, 0.6) is 0 Å². The number of rotatable bonds is 5. The summed E-state index contributed by atoms with van der Waals surface area (Å²) in [6.45, 7) is 1.25. The van der Waals surface area contributed by atoms with E-state index < -0.39 is 34.2 Å². The molecule has 25 heavy (non-hydrogen) atoms. The number of nitro benzene ring substituents is 1. The van der Waals surface area contributed by atoms with Crippen LogP contribution in [0.1, 0.15) is 30.1 Å². The van der Waals surface area contributed by atoms with E-state index in [-0.39, 0.29) is 17.7 Å². The monoisotopic (exact) mass is 347 g/mol. The fourth-order valence-electron chi connectivity index (χ4n) is 2.76. The molecule has 0 bridgehead atoms. The van der Waals surface area contributed by atoms with Crippen LogP contribution in [0.15, 0.2) is 36.4 Å². The van der Waals surface area contributed by atoms with Crippen molar-refractivity contribution >= 4 is 23.4 Å². The molecule has 0 unspecified atom stereocenters. The lowest BCUT2D eigenvalue weighted by Gasteiger charge is -2.37. The first-order chi connectivity index (χ1) is 11.8. The number of methoxy groups -OCH3 is 1. The third-order valence-corrected chi connectivity index (χ3v) is 4.15. The van der Waals surface area contributed by atoms with Crippen LogP contribution in [-0.4, -0.2) is 35.4 Å². The number of hydrogen-bond acceptors (Lipinski definition) is 7. The van der Waals surface area contributed by atoms with Crippen molar-refractivity contribution in [2.24, 2.45) is 5.92 Å². The minimum atomic E-state index is -1.65. The van der Waals surface area contributed by atoms with Crippen molar-refractivity contribution in [3.05, 3.63) is 52.1 Å². The lowest BCUT2D eigenvalue weighted by molar-refractivity contribution is -0.384. The maximum absolute atomic E-state index is 12.4. The van der Waals surface area contributed by atoms with E-state index in [1.165, 1.54) is 32.2 Å². The molecule has 2 atom stereocenters. The number of benzene rings is 1. The zero-order chi connectivity index (χ0) is 18.6. The van der Waals surface area contributed by atoms with Gasteiger partial charge in [-0.1, -0.05) is 12.2 Å². The number of nitro groups is 1. The minimum Gasteiger partial charge on any atom is -0.468 e. The summed E-state index contributed by atoms with van der Waals surface area (Å²) in [5, 5.41) is 10.7. The average Bonchev–Trinajstić information content (AvgIpc) is 2.61. The molecule has 0 radical (unpaired) electrons. The highest BCUT2D eigenvalue weighted by Crippen LogP contribution is 2.36. The molecule has 0 amide bonds. The molecular weight excluding hydrogens is 330 g/mol. The highest BCUT2D eigenvalue weighted by molar-refractivity contribution is 5.97. The van der Waals surface area contributed by atoms with Crippen molar-refractivity contribution in [2.75, 3.05) is 7.11 Å². The van der Waals surface area contributed by atoms with Gasteiger partial charge >= 0.3 is 11.9 Å². The molecule has 0 N–H and O–H groups in total. The third kappa shape index (κ3) is 3.57. The van der Waals surface area contributed by atoms with E-state index in [4.69, 9.17) is 9.47 Å². The maximum Gasteiger partial charge on any atom is 0.339 e. The number of hydrogen-bond donors (Lipinski definition) is 0. The van der Waals surface area contributed by atoms with Crippen molar-refractivity contribution < 1.29 is 28.8 Å². The first kappa shape index (κ1) is 18.3. The number of Topliss-reactive ketones (excluding diaryl/α,β-unsaturated/α-hetero) is 1. The Balaban J connectivity index is 2.33. The summed E-state index contributed by atoms with van der Waals surface area (Å²) in [7, 11) is 1.19. The van der Waals surface area contributed by atoms with Crippen LogP contribution in [0.3, 0.4) is 0 Å². The zero-order valence-electron chi connectivity index (χ0n) is 13.8. The Morgan fingerprint density at radius 2 is 1.88 bits per heavy atom. The molecule has 0 heterocycles. The van der Waals surface area contributed by atoms with Gasteiger partial charge in [0, 0.05) is 12.1 Å². The van der Waals surface area contributed by atoms with Gasteiger partial charge < -0.3 is 9.47 Å². The topological polar surface area (TPSA) is 113 Å². The molecule has 1 aliphatic rings. The van der Waals surface area contributed by atoms with E-state index in [9.17, 15) is 24.5 Å². The van der Waals surface area contributed by atoms with Gasteiger partial charge in [-0.3, -0.25) is 19.7 Å². The van der Waals surface area contributed by atoms with Crippen LogP contribution in [0.4, 0.5) is 5.69 Å². The van der Waals surface area contributed by atoms with E-state index >= 15 is 0 Å². The second kappa shape index (κ2) is 7.25. The van der Waals surface area contributed by atoms with Crippen LogP contribution < -0.4 is 0 Å². The summed E-state index contributed by atoms with van der Waals surface area (Å²) in [5.74, 6) is -3.02. The van der Waals surface area contributed by atoms with Gasteiger partial charge in [-0.05, 0) is 31.9 Å². The number of esters is 2. The summed E-state index contributed by atoms with van der Waals surface area (Å²) in [5.41, 5.74) is -1.78. The SMILES string of the molecule is COC(=O)[C@H]1C=CCC[C@@]1(OC(=O)c1ccc([N+](=O)[O-])cc1)C(C)=O. The number of ketones is 1. The number of nitrogens with zero attached hydrogens (tertiary/aromatic N) is 1. The van der Waals surface area contributed by atoms with Gasteiger partial charge in [0.15, 0.2) is 11.4 Å².